The summed E-state index contributed by atoms with van der Waals surface area (Å²) < 4.78 is 4.94. The normalized spacial score (nSPS) is 10.7. The Morgan fingerprint density at radius 3 is 2.39 bits per heavy atom. The van der Waals surface area contributed by atoms with Gasteiger partial charge in [-0.15, -0.1) is 24.0 Å². The van der Waals surface area contributed by atoms with Crippen molar-refractivity contribution in [2.24, 2.45) is 4.99 Å². The first kappa shape index (κ1) is 22.2. The number of nitrogens with one attached hydrogen (secondary N) is 3. The van der Waals surface area contributed by atoms with Gasteiger partial charge in [0, 0.05) is 39.4 Å². The van der Waals surface area contributed by atoms with Crippen LogP contribution in [0.2, 0.25) is 10.0 Å². The molecule has 6 nitrogen and oxygen atoms in total. The number of ether oxygens (including phenoxy) is 1. The zero-order valence-electron chi connectivity index (χ0n) is 13.0. The summed E-state index contributed by atoms with van der Waals surface area (Å²) in [5, 5.41) is 9.71. The molecule has 0 aliphatic heterocycles. The average molecular weight is 475 g/mol. The standard InChI is InChI=1S/C14H20Cl2N4O2.HI/c1-17-14(20-7-8-22-2)19-6-5-18-13(21)10-3-4-11(15)12(16)9-10;/h3-4,9H,5-8H2,1-2H3,(H,18,21)(H2,17,19,20);1H. The van der Waals surface area contributed by atoms with Crippen molar-refractivity contribution in [3.05, 3.63) is 33.8 Å². The summed E-state index contributed by atoms with van der Waals surface area (Å²) in [4.78, 5) is 16.0. The molecule has 1 aromatic rings. The van der Waals surface area contributed by atoms with Crippen LogP contribution in [0.25, 0.3) is 0 Å². The molecule has 130 valence electrons. The smallest absolute Gasteiger partial charge is 0.251 e. The Morgan fingerprint density at radius 2 is 1.78 bits per heavy atom. The Kier molecular flexibility index (Phi) is 12.2. The topological polar surface area (TPSA) is 74.8 Å². The first-order valence-corrected chi connectivity index (χ1v) is 7.50. The fraction of sp³-hybridized carbons (Fsp3) is 0.429. The number of aliphatic imine (C=N–C) groups is 1. The van der Waals surface area contributed by atoms with Gasteiger partial charge in [0.25, 0.3) is 5.91 Å². The first-order valence-electron chi connectivity index (χ1n) is 6.75. The van der Waals surface area contributed by atoms with Crippen molar-refractivity contribution in [3.8, 4) is 0 Å². The van der Waals surface area contributed by atoms with Gasteiger partial charge in [-0.1, -0.05) is 23.2 Å². The van der Waals surface area contributed by atoms with Crippen LogP contribution >= 0.6 is 47.2 Å². The molecule has 0 unspecified atom stereocenters. The molecule has 1 aromatic carbocycles. The summed E-state index contributed by atoms with van der Waals surface area (Å²) in [5.74, 6) is 0.448. The van der Waals surface area contributed by atoms with Crippen LogP contribution in [0.15, 0.2) is 23.2 Å². The lowest BCUT2D eigenvalue weighted by Gasteiger charge is -2.12. The molecule has 9 heteroatoms. The van der Waals surface area contributed by atoms with E-state index in [0.29, 0.717) is 47.8 Å². The SMILES string of the molecule is CN=C(NCCNC(=O)c1ccc(Cl)c(Cl)c1)NCCOC.I. The lowest BCUT2D eigenvalue weighted by atomic mass is 10.2. The maximum atomic E-state index is 11.9. The van der Waals surface area contributed by atoms with Crippen molar-refractivity contribution in [1.29, 1.82) is 0 Å². The number of guanidine groups is 1. The van der Waals surface area contributed by atoms with E-state index in [1.54, 1.807) is 26.3 Å². The minimum Gasteiger partial charge on any atom is -0.383 e. The molecule has 0 saturated carbocycles. The lowest BCUT2D eigenvalue weighted by molar-refractivity contribution is 0.0954. The maximum absolute atomic E-state index is 11.9. The summed E-state index contributed by atoms with van der Waals surface area (Å²) in [6.07, 6.45) is 0. The molecule has 0 radical (unpaired) electrons. The third kappa shape index (κ3) is 8.59. The lowest BCUT2D eigenvalue weighted by Crippen LogP contribution is -2.42. The fourth-order valence-electron chi connectivity index (χ4n) is 1.59. The second kappa shape index (κ2) is 12.6. The van der Waals surface area contributed by atoms with E-state index in [2.05, 4.69) is 20.9 Å². The number of benzene rings is 1. The summed E-state index contributed by atoms with van der Waals surface area (Å²) in [6, 6.07) is 4.76. The highest BCUT2D eigenvalue weighted by Crippen LogP contribution is 2.22. The number of rotatable bonds is 7. The number of hydrogen-bond acceptors (Lipinski definition) is 3. The molecule has 1 amide bonds. The largest absolute Gasteiger partial charge is 0.383 e. The number of carbonyl (C=O) groups excluding carboxylic acids is 1. The van der Waals surface area contributed by atoms with Gasteiger partial charge < -0.3 is 20.7 Å². The zero-order valence-corrected chi connectivity index (χ0v) is 16.8. The van der Waals surface area contributed by atoms with Gasteiger partial charge in [0.15, 0.2) is 5.96 Å². The number of methoxy groups -OCH3 is 1. The summed E-state index contributed by atoms with van der Waals surface area (Å²) >= 11 is 11.7. The number of halogens is 3. The number of carbonyl (C=O) groups is 1. The van der Waals surface area contributed by atoms with Gasteiger partial charge in [-0.05, 0) is 18.2 Å². The molecule has 0 aliphatic carbocycles. The van der Waals surface area contributed by atoms with Crippen molar-refractivity contribution < 1.29 is 9.53 Å². The van der Waals surface area contributed by atoms with Crippen LogP contribution in [0.4, 0.5) is 0 Å². The molecule has 0 atom stereocenters. The molecular formula is C14H21Cl2IN4O2. The quantitative estimate of drug-likeness (QED) is 0.245. The van der Waals surface area contributed by atoms with Crippen molar-refractivity contribution in [3.63, 3.8) is 0 Å². The van der Waals surface area contributed by atoms with Crippen LogP contribution in [-0.2, 0) is 4.74 Å². The molecule has 1 rings (SSSR count). The number of nitrogens with zero attached hydrogens (tertiary/aromatic N) is 1. The van der Waals surface area contributed by atoms with Gasteiger partial charge in [0.2, 0.25) is 0 Å². The summed E-state index contributed by atoms with van der Waals surface area (Å²) in [6.45, 7) is 2.24. The van der Waals surface area contributed by atoms with Crippen LogP contribution in [0.5, 0.6) is 0 Å². The molecular weight excluding hydrogens is 454 g/mol. The second-order valence-electron chi connectivity index (χ2n) is 4.30. The molecule has 0 bridgehead atoms. The Balaban J connectivity index is 0.00000484. The second-order valence-corrected chi connectivity index (χ2v) is 5.12. The van der Waals surface area contributed by atoms with Crippen molar-refractivity contribution >= 4 is 59.0 Å². The van der Waals surface area contributed by atoms with Crippen LogP contribution < -0.4 is 16.0 Å². The van der Waals surface area contributed by atoms with E-state index in [1.807, 2.05) is 0 Å². The van der Waals surface area contributed by atoms with Crippen LogP contribution in [0.3, 0.4) is 0 Å². The van der Waals surface area contributed by atoms with E-state index in [9.17, 15) is 4.79 Å². The van der Waals surface area contributed by atoms with Gasteiger partial charge in [0.1, 0.15) is 0 Å². The fourth-order valence-corrected chi connectivity index (χ4v) is 1.89. The minimum atomic E-state index is -0.206. The minimum absolute atomic E-state index is 0. The molecule has 0 aliphatic rings. The van der Waals surface area contributed by atoms with E-state index in [4.69, 9.17) is 27.9 Å². The molecule has 0 aromatic heterocycles. The summed E-state index contributed by atoms with van der Waals surface area (Å²) in [5.41, 5.74) is 0.469. The van der Waals surface area contributed by atoms with Gasteiger partial charge in [0.05, 0.1) is 16.7 Å². The highest BCUT2D eigenvalue weighted by Gasteiger charge is 2.07. The predicted octanol–water partition coefficient (Wildman–Crippen LogP) is 2.15. The average Bonchev–Trinajstić information content (AvgIpc) is 2.52. The molecule has 0 heterocycles. The third-order valence-corrected chi connectivity index (χ3v) is 3.45. The van der Waals surface area contributed by atoms with Gasteiger partial charge in [-0.25, -0.2) is 0 Å². The van der Waals surface area contributed by atoms with E-state index in [0.717, 1.165) is 0 Å². The number of hydrogen-bond donors (Lipinski definition) is 3. The Bertz CT molecular complexity index is 529. The number of amides is 1. The maximum Gasteiger partial charge on any atom is 0.251 e. The predicted molar refractivity (Wildman–Crippen MR) is 105 cm³/mol. The molecule has 3 N–H and O–H groups in total. The third-order valence-electron chi connectivity index (χ3n) is 2.71. The highest BCUT2D eigenvalue weighted by molar-refractivity contribution is 14.0. The Labute approximate surface area is 163 Å². The van der Waals surface area contributed by atoms with Crippen molar-refractivity contribution in [1.82, 2.24) is 16.0 Å². The van der Waals surface area contributed by atoms with Crippen LogP contribution in [0.1, 0.15) is 10.4 Å². The van der Waals surface area contributed by atoms with Gasteiger partial charge >= 0.3 is 0 Å². The molecule has 0 fully saturated rings. The van der Waals surface area contributed by atoms with Crippen LogP contribution in [-0.4, -0.2) is 52.3 Å². The van der Waals surface area contributed by atoms with E-state index >= 15 is 0 Å². The first-order chi connectivity index (χ1) is 10.6. The Hall–Kier alpha value is -0.770. The molecule has 23 heavy (non-hydrogen) atoms. The van der Waals surface area contributed by atoms with E-state index < -0.39 is 0 Å². The summed E-state index contributed by atoms with van der Waals surface area (Å²) in [7, 11) is 3.31. The van der Waals surface area contributed by atoms with Gasteiger partial charge in [-0.2, -0.15) is 0 Å². The van der Waals surface area contributed by atoms with Crippen molar-refractivity contribution in [2.75, 3.05) is 40.4 Å². The van der Waals surface area contributed by atoms with Gasteiger partial charge in [-0.3, -0.25) is 9.79 Å². The van der Waals surface area contributed by atoms with E-state index in [-0.39, 0.29) is 29.9 Å². The molecule has 0 saturated heterocycles. The highest BCUT2D eigenvalue weighted by atomic mass is 127. The zero-order chi connectivity index (χ0) is 16.4. The monoisotopic (exact) mass is 474 g/mol. The van der Waals surface area contributed by atoms with Crippen LogP contribution in [0, 0.1) is 0 Å². The molecule has 0 spiro atoms. The van der Waals surface area contributed by atoms with Crippen molar-refractivity contribution in [2.45, 2.75) is 0 Å². The van der Waals surface area contributed by atoms with E-state index in [1.165, 1.54) is 6.07 Å². The Morgan fingerprint density at radius 1 is 1.13 bits per heavy atom.